The minimum absolute atomic E-state index is 0.0000802. The monoisotopic (exact) mass is 1580 g/mol. The van der Waals surface area contributed by atoms with E-state index < -0.39 is 35.5 Å². The van der Waals surface area contributed by atoms with E-state index in [4.69, 9.17) is 91.7 Å². The summed E-state index contributed by atoms with van der Waals surface area (Å²) >= 11 is 0. The van der Waals surface area contributed by atoms with Crippen molar-refractivity contribution in [3.8, 4) is 0 Å². The van der Waals surface area contributed by atoms with Crippen LogP contribution in [0.3, 0.4) is 0 Å². The van der Waals surface area contributed by atoms with Crippen LogP contribution in [0, 0.1) is 53.3 Å². The predicted octanol–water partition coefficient (Wildman–Crippen LogP) is 4.05. The number of nitrogens with two attached hydrogens (primary N) is 16. The van der Waals surface area contributed by atoms with Crippen LogP contribution in [0.15, 0.2) is 39.9 Å². The van der Waals surface area contributed by atoms with E-state index >= 15 is 0 Å². The zero-order valence-corrected chi connectivity index (χ0v) is 68.3. The van der Waals surface area contributed by atoms with Gasteiger partial charge in [0.05, 0.1) is 6.54 Å². The third-order valence-corrected chi connectivity index (χ3v) is 20.4. The smallest absolute Gasteiger partial charge is 0.223 e. The second kappa shape index (κ2) is 64.5. The Morgan fingerprint density at radius 3 is 0.536 bits per heavy atom. The highest BCUT2D eigenvalue weighted by Crippen LogP contribution is 2.30. The van der Waals surface area contributed by atoms with E-state index in [0.717, 1.165) is 19.3 Å². The first-order chi connectivity index (χ1) is 53.3. The van der Waals surface area contributed by atoms with Crippen LogP contribution < -0.4 is 97.1 Å². The highest BCUT2D eigenvalue weighted by Gasteiger charge is 2.29. The van der Waals surface area contributed by atoms with Crippen molar-refractivity contribution in [2.24, 2.45) is 185 Å². The van der Waals surface area contributed by atoms with Crippen LogP contribution in [0.4, 0.5) is 0 Å². The highest BCUT2D eigenvalue weighted by molar-refractivity contribution is 5.89. The van der Waals surface area contributed by atoms with Crippen molar-refractivity contribution >= 4 is 99.8 Å². The molecule has 640 valence electrons. The van der Waals surface area contributed by atoms with Gasteiger partial charge in [0.15, 0.2) is 53.5 Å². The van der Waals surface area contributed by atoms with Gasteiger partial charge in [-0.15, -0.1) is 0 Å². The summed E-state index contributed by atoms with van der Waals surface area (Å²) in [6.45, 7) is 8.21. The van der Waals surface area contributed by atoms with Gasteiger partial charge < -0.3 is 97.1 Å². The SMILES string of the molecule is CCCCC(CCCN=C(N)N)C(=O)CCCC(CCCN=C(N)N)C(=O)CCCC(CCCN=C(N)N)C(=O)CCCC(CCCN=C(N)N)C(=O)CCCC(CCCN=C(N)N)C(=O)CCCC(CCCN=C(N)N)C(=O)CCCC(CCCN=C(N)N)C(=O)CCCC(CCCN=C(N)N)C(=O)NCC(=O)C(C)C. The van der Waals surface area contributed by atoms with Gasteiger partial charge in [0.2, 0.25) is 5.91 Å². The lowest BCUT2D eigenvalue weighted by Gasteiger charge is -2.20. The fraction of sp³-hybridized carbons (Fsp3) is 0.782. The summed E-state index contributed by atoms with van der Waals surface area (Å²) in [7, 11) is 0. The average Bonchev–Trinajstić information content (AvgIpc) is 0.915. The van der Waals surface area contributed by atoms with Gasteiger partial charge in [-0.2, -0.15) is 0 Å². The molecule has 1 amide bonds. The number of ketones is 8. The van der Waals surface area contributed by atoms with E-state index in [1.807, 2.05) is 0 Å². The third kappa shape index (κ3) is 56.2. The van der Waals surface area contributed by atoms with Crippen molar-refractivity contribution in [1.82, 2.24) is 5.32 Å². The van der Waals surface area contributed by atoms with Crippen LogP contribution in [0.5, 0.6) is 0 Å². The number of rotatable bonds is 74. The first-order valence-electron chi connectivity index (χ1n) is 41.2. The largest absolute Gasteiger partial charge is 0.370 e. The van der Waals surface area contributed by atoms with Crippen LogP contribution in [0.1, 0.15) is 278 Å². The minimum Gasteiger partial charge on any atom is -0.370 e. The number of hydrogen-bond acceptors (Lipinski definition) is 17. The first-order valence-corrected chi connectivity index (χ1v) is 41.2. The van der Waals surface area contributed by atoms with Gasteiger partial charge in [0, 0.05) is 151 Å². The molecule has 0 bridgehead atoms. The molecule has 0 radical (unpaired) electrons. The van der Waals surface area contributed by atoms with E-state index in [9.17, 15) is 43.2 Å². The molecule has 0 fully saturated rings. The summed E-state index contributed by atoms with van der Waals surface area (Å²) in [6, 6.07) is 0. The maximum atomic E-state index is 14.4. The molecule has 0 aromatic rings. The molecule has 33 N–H and O–H groups in total. The predicted molar refractivity (Wildman–Crippen MR) is 452 cm³/mol. The molecule has 34 nitrogen and oxygen atoms in total. The molecule has 0 aliphatic heterocycles. The van der Waals surface area contributed by atoms with Crippen molar-refractivity contribution < 1.29 is 43.2 Å². The van der Waals surface area contributed by atoms with Crippen LogP contribution in [-0.2, 0) is 43.2 Å². The van der Waals surface area contributed by atoms with E-state index in [-0.39, 0.29) is 163 Å². The molecule has 34 heteroatoms. The number of Topliss-reactive ketones (excluding diaryl/α,β-unsaturated/α-hetero) is 8. The lowest BCUT2D eigenvalue weighted by molar-refractivity contribution is -0.129. The Kier molecular flexibility index (Phi) is 59.3. The fourth-order valence-corrected chi connectivity index (χ4v) is 14.1. The highest BCUT2D eigenvalue weighted by atomic mass is 16.2. The zero-order valence-electron chi connectivity index (χ0n) is 68.3. The molecule has 0 spiro atoms. The fourth-order valence-electron chi connectivity index (χ4n) is 14.1. The van der Waals surface area contributed by atoms with Gasteiger partial charge in [0.25, 0.3) is 0 Å². The number of aliphatic imine (C=N–C) groups is 8. The summed E-state index contributed by atoms with van der Waals surface area (Å²) in [5.74, 6) is -3.74. The van der Waals surface area contributed by atoms with E-state index in [0.29, 0.717) is 251 Å². The first kappa shape index (κ1) is 103. The average molecular weight is 1580 g/mol. The molecular weight excluding hydrogens is 1430 g/mol. The van der Waals surface area contributed by atoms with Gasteiger partial charge in [-0.3, -0.25) is 83.1 Å². The lowest BCUT2D eigenvalue weighted by atomic mass is 9.84. The molecule has 0 heterocycles. The summed E-state index contributed by atoms with van der Waals surface area (Å²) in [5, 5.41) is 2.76. The summed E-state index contributed by atoms with van der Waals surface area (Å²) < 4.78 is 0. The summed E-state index contributed by atoms with van der Waals surface area (Å²) in [4.78, 5) is 157. The van der Waals surface area contributed by atoms with Gasteiger partial charge in [-0.1, -0.05) is 33.6 Å². The standard InChI is InChI=1S/C78H149N25O9/c1-4-5-21-54(29-13-44-95-71(79)80)62(104)37-6-22-55(30-14-45-96-72(81)82)63(105)38-7-23-56(31-15-46-97-73(83)84)64(106)39-8-24-57(32-16-47-98-74(85)86)65(107)40-9-25-58(33-17-48-99-75(87)88)66(108)41-10-26-59(34-18-49-100-76(89)90)67(109)42-11-27-60(35-19-50-101-77(91)92)68(110)43-12-28-61(36-20-51-102-78(93)94)70(112)103-52-69(111)53(2)3/h53-61H,4-52H2,1-3H3,(H,103,112)(H4,79,80,95)(H4,81,82,96)(H4,83,84,97)(H4,85,86,98)(H4,87,88,99)(H4,89,90,100)(H4,91,92,101)(H4,93,94,102). The molecule has 0 aromatic carbocycles. The Hall–Kier alpha value is -9.01. The molecule has 0 aliphatic rings. The van der Waals surface area contributed by atoms with Crippen molar-refractivity contribution in [1.29, 1.82) is 0 Å². The minimum atomic E-state index is -0.479. The number of nitrogens with zero attached hydrogens (tertiary/aromatic N) is 8. The van der Waals surface area contributed by atoms with Crippen LogP contribution in [-0.4, -0.2) is 159 Å². The molecule has 0 saturated carbocycles. The second-order valence-electron chi connectivity index (χ2n) is 30.2. The lowest BCUT2D eigenvalue weighted by Crippen LogP contribution is -2.36. The van der Waals surface area contributed by atoms with Crippen LogP contribution >= 0.6 is 0 Å². The number of guanidine groups is 8. The van der Waals surface area contributed by atoms with Crippen molar-refractivity contribution in [2.75, 3.05) is 58.9 Å². The molecule has 8 atom stereocenters. The Labute approximate surface area is 666 Å². The summed E-state index contributed by atoms with van der Waals surface area (Å²) in [5.41, 5.74) is 89.7. The topological polar surface area (TPSA) is 681 Å². The zero-order chi connectivity index (χ0) is 84.0. The Balaban J connectivity index is 6.47. The van der Waals surface area contributed by atoms with Crippen LogP contribution in [0.25, 0.3) is 0 Å². The molecule has 0 saturated heterocycles. The van der Waals surface area contributed by atoms with E-state index in [1.54, 1.807) is 13.8 Å². The third-order valence-electron chi connectivity index (χ3n) is 20.4. The van der Waals surface area contributed by atoms with Gasteiger partial charge in [-0.05, 0) is 199 Å². The number of carbonyl (C=O) groups is 9. The maximum Gasteiger partial charge on any atom is 0.223 e. The molecule has 112 heavy (non-hydrogen) atoms. The van der Waals surface area contributed by atoms with E-state index in [2.05, 4.69) is 52.2 Å². The van der Waals surface area contributed by atoms with Gasteiger partial charge in [0.1, 0.15) is 40.5 Å². The van der Waals surface area contributed by atoms with Crippen molar-refractivity contribution in [2.45, 2.75) is 278 Å². The van der Waals surface area contributed by atoms with Crippen LogP contribution in [0.2, 0.25) is 0 Å². The van der Waals surface area contributed by atoms with Crippen molar-refractivity contribution in [3.63, 3.8) is 0 Å². The van der Waals surface area contributed by atoms with Gasteiger partial charge >= 0.3 is 0 Å². The Morgan fingerprint density at radius 1 is 0.223 bits per heavy atom. The molecular formula is C78H149N25O9. The molecule has 0 aliphatic carbocycles. The number of hydrogen-bond donors (Lipinski definition) is 17. The normalized spacial score (nSPS) is 13.2. The summed E-state index contributed by atoms with van der Waals surface area (Å²) in [6.07, 6.45) is 18.9. The van der Waals surface area contributed by atoms with E-state index in [1.165, 1.54) is 0 Å². The molecule has 0 rings (SSSR count). The molecule has 8 unspecified atom stereocenters. The Morgan fingerprint density at radius 2 is 0.375 bits per heavy atom. The van der Waals surface area contributed by atoms with Crippen molar-refractivity contribution in [3.05, 3.63) is 0 Å². The Bertz CT molecular complexity index is 2980. The number of carbonyl (C=O) groups excluding carboxylic acids is 9. The van der Waals surface area contributed by atoms with Gasteiger partial charge in [-0.25, -0.2) is 0 Å². The molecule has 0 aromatic heterocycles. The number of amides is 1. The quantitative estimate of drug-likeness (QED) is 0.0232. The number of unbranched alkanes of at least 4 members (excludes halogenated alkanes) is 1. The maximum absolute atomic E-state index is 14.4. The second-order valence-corrected chi connectivity index (χ2v) is 30.2. The number of nitrogens with one attached hydrogen (secondary N) is 1.